The van der Waals surface area contributed by atoms with Gasteiger partial charge in [-0.2, -0.15) is 0 Å². The van der Waals surface area contributed by atoms with E-state index in [1.54, 1.807) is 6.20 Å². The minimum atomic E-state index is 0.182. The third-order valence-corrected chi connectivity index (χ3v) is 3.44. The van der Waals surface area contributed by atoms with E-state index in [2.05, 4.69) is 23.7 Å². The fraction of sp³-hybridized carbons (Fsp3) is 0.500. The van der Waals surface area contributed by atoms with Crippen molar-refractivity contribution in [1.29, 1.82) is 0 Å². The number of nitrogens with zero attached hydrogens (tertiary/aromatic N) is 2. The number of thiocarbonyl (C=S) groups is 1. The summed E-state index contributed by atoms with van der Waals surface area (Å²) in [6.45, 7) is 5.55. The first-order chi connectivity index (χ1) is 7.50. The van der Waals surface area contributed by atoms with Crippen LogP contribution in [0.5, 0.6) is 0 Å². The van der Waals surface area contributed by atoms with E-state index < -0.39 is 0 Å². The number of hydrogen-bond acceptors (Lipinski definition) is 3. The Morgan fingerprint density at radius 2 is 2.31 bits per heavy atom. The maximum absolute atomic E-state index is 5.63. The van der Waals surface area contributed by atoms with Crippen LogP contribution in [0.2, 0.25) is 0 Å². The summed E-state index contributed by atoms with van der Waals surface area (Å²) in [5.74, 6) is 0.979. The van der Waals surface area contributed by atoms with Gasteiger partial charge in [0.05, 0.1) is 0 Å². The molecule has 0 aromatic carbocycles. The van der Waals surface area contributed by atoms with Gasteiger partial charge in [-0.1, -0.05) is 12.2 Å². The Morgan fingerprint density at radius 1 is 1.56 bits per heavy atom. The van der Waals surface area contributed by atoms with Gasteiger partial charge in [0.15, 0.2) is 0 Å². The SMILES string of the molecule is CC1(C)CCCN1c1cc(C(N)=S)ccn1. The van der Waals surface area contributed by atoms with Gasteiger partial charge in [-0.05, 0) is 38.8 Å². The molecule has 3 nitrogen and oxygen atoms in total. The zero-order chi connectivity index (χ0) is 11.8. The summed E-state index contributed by atoms with van der Waals surface area (Å²) in [6.07, 6.45) is 4.19. The average molecular weight is 235 g/mol. The molecule has 2 rings (SSSR count). The van der Waals surface area contributed by atoms with E-state index in [-0.39, 0.29) is 5.54 Å². The highest BCUT2D eigenvalue weighted by molar-refractivity contribution is 7.80. The van der Waals surface area contributed by atoms with E-state index in [4.69, 9.17) is 18.0 Å². The van der Waals surface area contributed by atoms with Gasteiger partial charge in [0.1, 0.15) is 10.8 Å². The summed E-state index contributed by atoms with van der Waals surface area (Å²) in [6, 6.07) is 3.84. The summed E-state index contributed by atoms with van der Waals surface area (Å²) in [7, 11) is 0. The van der Waals surface area contributed by atoms with Crippen molar-refractivity contribution < 1.29 is 0 Å². The van der Waals surface area contributed by atoms with Crippen LogP contribution in [0.25, 0.3) is 0 Å². The highest BCUT2D eigenvalue weighted by Crippen LogP contribution is 2.32. The molecule has 2 N–H and O–H groups in total. The van der Waals surface area contributed by atoms with Crippen molar-refractivity contribution in [1.82, 2.24) is 4.98 Å². The van der Waals surface area contributed by atoms with E-state index >= 15 is 0 Å². The predicted octanol–water partition coefficient (Wildman–Crippen LogP) is 2.09. The molecular formula is C12H17N3S. The smallest absolute Gasteiger partial charge is 0.129 e. The summed E-state index contributed by atoms with van der Waals surface area (Å²) in [5, 5.41) is 0. The number of hydrogen-bond donors (Lipinski definition) is 1. The summed E-state index contributed by atoms with van der Waals surface area (Å²) < 4.78 is 0. The Kier molecular flexibility index (Phi) is 2.84. The van der Waals surface area contributed by atoms with Crippen molar-refractivity contribution in [3.05, 3.63) is 23.9 Å². The molecule has 0 spiro atoms. The maximum atomic E-state index is 5.63. The number of nitrogens with two attached hydrogens (primary N) is 1. The minimum Gasteiger partial charge on any atom is -0.389 e. The molecular weight excluding hydrogens is 218 g/mol. The standard InChI is InChI=1S/C12H17N3S/c1-12(2)5-3-7-15(12)10-8-9(11(13)16)4-6-14-10/h4,6,8H,3,5,7H2,1-2H3,(H2,13,16). The molecule has 2 heterocycles. The van der Waals surface area contributed by atoms with Crippen molar-refractivity contribution in [2.75, 3.05) is 11.4 Å². The number of anilines is 1. The van der Waals surface area contributed by atoms with E-state index in [1.807, 2.05) is 12.1 Å². The normalized spacial score (nSPS) is 18.8. The van der Waals surface area contributed by atoms with Gasteiger partial charge in [0.2, 0.25) is 0 Å². The molecule has 0 aliphatic carbocycles. The summed E-state index contributed by atoms with van der Waals surface area (Å²) in [4.78, 5) is 7.17. The lowest BCUT2D eigenvalue weighted by atomic mass is 10.0. The van der Waals surface area contributed by atoms with Gasteiger partial charge >= 0.3 is 0 Å². The van der Waals surface area contributed by atoms with Crippen molar-refractivity contribution in [3.63, 3.8) is 0 Å². The molecule has 4 heteroatoms. The first kappa shape index (κ1) is 11.3. The van der Waals surface area contributed by atoms with E-state index in [9.17, 15) is 0 Å². The molecule has 16 heavy (non-hydrogen) atoms. The fourth-order valence-corrected chi connectivity index (χ4v) is 2.38. The van der Waals surface area contributed by atoms with E-state index in [0.717, 1.165) is 17.9 Å². The van der Waals surface area contributed by atoms with Crippen molar-refractivity contribution >= 4 is 23.0 Å². The van der Waals surface area contributed by atoms with Crippen LogP contribution in [0.15, 0.2) is 18.3 Å². The third kappa shape index (κ3) is 2.02. The lowest BCUT2D eigenvalue weighted by Crippen LogP contribution is -2.38. The highest BCUT2D eigenvalue weighted by atomic mass is 32.1. The second-order valence-corrected chi connectivity index (χ2v) is 5.27. The first-order valence-corrected chi connectivity index (χ1v) is 5.95. The maximum Gasteiger partial charge on any atom is 0.129 e. The van der Waals surface area contributed by atoms with E-state index in [0.29, 0.717) is 4.99 Å². The van der Waals surface area contributed by atoms with Gasteiger partial charge in [-0.15, -0.1) is 0 Å². The largest absolute Gasteiger partial charge is 0.389 e. The zero-order valence-electron chi connectivity index (χ0n) is 9.73. The third-order valence-electron chi connectivity index (χ3n) is 3.21. The molecule has 0 radical (unpaired) electrons. The Balaban J connectivity index is 2.34. The van der Waals surface area contributed by atoms with Gasteiger partial charge < -0.3 is 10.6 Å². The van der Waals surface area contributed by atoms with Gasteiger partial charge in [-0.3, -0.25) is 0 Å². The number of aromatic nitrogens is 1. The van der Waals surface area contributed by atoms with Gasteiger partial charge in [-0.25, -0.2) is 4.98 Å². The summed E-state index contributed by atoms with van der Waals surface area (Å²) >= 11 is 4.98. The molecule has 86 valence electrons. The quantitative estimate of drug-likeness (QED) is 0.797. The molecule has 0 bridgehead atoms. The fourth-order valence-electron chi connectivity index (χ4n) is 2.25. The monoisotopic (exact) mass is 235 g/mol. The lowest BCUT2D eigenvalue weighted by Gasteiger charge is -2.32. The van der Waals surface area contributed by atoms with Crippen LogP contribution in [0.4, 0.5) is 5.82 Å². The molecule has 0 unspecified atom stereocenters. The van der Waals surface area contributed by atoms with Crippen LogP contribution in [0.1, 0.15) is 32.3 Å². The van der Waals surface area contributed by atoms with Crippen molar-refractivity contribution in [2.45, 2.75) is 32.2 Å². The Labute approximate surface area is 102 Å². The predicted molar refractivity (Wildman–Crippen MR) is 70.8 cm³/mol. The second-order valence-electron chi connectivity index (χ2n) is 4.83. The van der Waals surface area contributed by atoms with Crippen LogP contribution in [-0.2, 0) is 0 Å². The molecule has 1 fully saturated rings. The van der Waals surface area contributed by atoms with Crippen LogP contribution >= 0.6 is 12.2 Å². The average Bonchev–Trinajstić information content (AvgIpc) is 2.58. The summed E-state index contributed by atoms with van der Waals surface area (Å²) in [5.41, 5.74) is 6.71. The van der Waals surface area contributed by atoms with Crippen LogP contribution in [0.3, 0.4) is 0 Å². The Bertz CT molecular complexity index is 414. The molecule has 1 aromatic rings. The first-order valence-electron chi connectivity index (χ1n) is 5.54. The Hall–Kier alpha value is -1.16. The lowest BCUT2D eigenvalue weighted by molar-refractivity contribution is 0.514. The molecule has 1 saturated heterocycles. The molecule has 1 aliphatic heterocycles. The van der Waals surface area contributed by atoms with Gasteiger partial charge in [0.25, 0.3) is 0 Å². The molecule has 0 amide bonds. The molecule has 1 aliphatic rings. The topological polar surface area (TPSA) is 42.1 Å². The van der Waals surface area contributed by atoms with Gasteiger partial charge in [0, 0.05) is 23.8 Å². The molecule has 1 aromatic heterocycles. The number of rotatable bonds is 2. The second kappa shape index (κ2) is 4.01. The van der Waals surface area contributed by atoms with Crippen molar-refractivity contribution in [3.8, 4) is 0 Å². The molecule has 0 saturated carbocycles. The Morgan fingerprint density at radius 3 is 2.88 bits per heavy atom. The van der Waals surface area contributed by atoms with Crippen LogP contribution < -0.4 is 10.6 Å². The highest BCUT2D eigenvalue weighted by Gasteiger charge is 2.32. The van der Waals surface area contributed by atoms with Crippen LogP contribution in [-0.4, -0.2) is 22.1 Å². The van der Waals surface area contributed by atoms with Crippen molar-refractivity contribution in [2.24, 2.45) is 5.73 Å². The molecule has 0 atom stereocenters. The van der Waals surface area contributed by atoms with E-state index in [1.165, 1.54) is 12.8 Å². The van der Waals surface area contributed by atoms with Crippen LogP contribution in [0, 0.1) is 0 Å². The zero-order valence-corrected chi connectivity index (χ0v) is 10.5. The minimum absolute atomic E-state index is 0.182. The number of pyridine rings is 1.